The minimum absolute atomic E-state index is 0.207. The highest BCUT2D eigenvalue weighted by Crippen LogP contribution is 2.30. The molecule has 0 atom stereocenters. The number of thiazole rings is 1. The van der Waals surface area contributed by atoms with Crippen molar-refractivity contribution in [1.82, 2.24) is 4.98 Å². The van der Waals surface area contributed by atoms with E-state index in [0.717, 1.165) is 10.4 Å². The highest BCUT2D eigenvalue weighted by Gasteiger charge is 2.19. The van der Waals surface area contributed by atoms with Crippen molar-refractivity contribution in [3.05, 3.63) is 106 Å². The quantitative estimate of drug-likeness (QED) is 0.311. The molecule has 7 heteroatoms. The van der Waals surface area contributed by atoms with Crippen molar-refractivity contribution < 1.29 is 18.8 Å². The van der Waals surface area contributed by atoms with Gasteiger partial charge < -0.3 is 0 Å². The Kier molecular flexibility index (Phi) is 6.00. The summed E-state index contributed by atoms with van der Waals surface area (Å²) < 4.78 is 13.2. The summed E-state index contributed by atoms with van der Waals surface area (Å²) in [6.45, 7) is 1.87. The number of amides is 1. The minimum atomic E-state index is -0.636. The molecule has 158 valence electrons. The Bertz CT molecular complexity index is 1300. The van der Waals surface area contributed by atoms with Crippen LogP contribution in [0, 0.1) is 12.7 Å². The smallest absolute Gasteiger partial charge is 0.257 e. The summed E-state index contributed by atoms with van der Waals surface area (Å²) in [6, 6.07) is 20.2. The predicted molar refractivity (Wildman–Crippen MR) is 122 cm³/mol. The lowest BCUT2D eigenvalue weighted by Crippen LogP contribution is -2.15. The fourth-order valence-corrected chi connectivity index (χ4v) is 3.95. The van der Waals surface area contributed by atoms with Gasteiger partial charge in [0.25, 0.3) is 5.91 Å². The number of rotatable bonds is 6. The Labute approximate surface area is 187 Å². The molecule has 1 heterocycles. The third-order valence-electron chi connectivity index (χ3n) is 4.79. The number of ketones is 2. The van der Waals surface area contributed by atoms with Crippen molar-refractivity contribution in [3.63, 3.8) is 0 Å². The number of nitrogens with one attached hydrogen (secondary N) is 1. The van der Waals surface area contributed by atoms with Crippen LogP contribution in [0.25, 0.3) is 11.3 Å². The van der Waals surface area contributed by atoms with Gasteiger partial charge in [-0.05, 0) is 43.3 Å². The van der Waals surface area contributed by atoms with Crippen LogP contribution in [0.3, 0.4) is 0 Å². The van der Waals surface area contributed by atoms with Gasteiger partial charge in [0.1, 0.15) is 5.82 Å². The summed E-state index contributed by atoms with van der Waals surface area (Å²) in [5.74, 6) is -1.96. The van der Waals surface area contributed by atoms with Gasteiger partial charge >= 0.3 is 0 Å². The van der Waals surface area contributed by atoms with Crippen LogP contribution in [-0.4, -0.2) is 22.5 Å². The molecule has 0 spiro atoms. The number of aromatic nitrogens is 1. The molecule has 0 radical (unpaired) electrons. The number of nitrogens with zero attached hydrogens (tertiary/aromatic N) is 1. The van der Waals surface area contributed by atoms with Crippen LogP contribution >= 0.6 is 11.3 Å². The second kappa shape index (κ2) is 9.03. The average Bonchev–Trinajstić information content (AvgIpc) is 3.19. The molecule has 1 aromatic heterocycles. The fourth-order valence-electron chi connectivity index (χ4n) is 3.12. The van der Waals surface area contributed by atoms with Gasteiger partial charge in [0.05, 0.1) is 5.69 Å². The topological polar surface area (TPSA) is 76.1 Å². The first-order valence-electron chi connectivity index (χ1n) is 9.71. The summed E-state index contributed by atoms with van der Waals surface area (Å²) in [6.07, 6.45) is 0. The van der Waals surface area contributed by atoms with Crippen molar-refractivity contribution >= 4 is 33.9 Å². The molecule has 1 amide bonds. The van der Waals surface area contributed by atoms with Crippen LogP contribution in [0.1, 0.15) is 36.0 Å². The zero-order valence-corrected chi connectivity index (χ0v) is 17.8. The molecule has 4 aromatic rings. The van der Waals surface area contributed by atoms with Crippen LogP contribution in [0.2, 0.25) is 0 Å². The fraction of sp³-hybridized carbons (Fsp3) is 0.0400. The van der Waals surface area contributed by atoms with Gasteiger partial charge in [-0.15, -0.1) is 11.3 Å². The number of halogens is 1. The maximum Gasteiger partial charge on any atom is 0.257 e. The molecule has 0 aliphatic heterocycles. The number of Topliss-reactive ketones (excluding diaryl/α,β-unsaturated/α-hetero) is 2. The monoisotopic (exact) mass is 444 g/mol. The van der Waals surface area contributed by atoms with Gasteiger partial charge in [0.2, 0.25) is 11.6 Å². The SMILES string of the molecule is Cc1sc(NC(=O)c2ccc(C(=O)C(=O)c3ccccc3)cc2)nc1-c1ccc(F)cc1. The Morgan fingerprint density at radius 1 is 0.781 bits per heavy atom. The van der Waals surface area contributed by atoms with E-state index in [-0.39, 0.29) is 11.4 Å². The maximum absolute atomic E-state index is 13.2. The van der Waals surface area contributed by atoms with E-state index in [1.807, 2.05) is 6.92 Å². The van der Waals surface area contributed by atoms with Crippen LogP contribution in [-0.2, 0) is 0 Å². The second-order valence-corrected chi connectivity index (χ2v) is 8.19. The second-order valence-electron chi connectivity index (χ2n) is 6.99. The van der Waals surface area contributed by atoms with Crippen molar-refractivity contribution in [2.24, 2.45) is 0 Å². The van der Waals surface area contributed by atoms with Crippen LogP contribution in [0.5, 0.6) is 0 Å². The van der Waals surface area contributed by atoms with Gasteiger partial charge in [0.15, 0.2) is 5.13 Å². The number of anilines is 1. The van der Waals surface area contributed by atoms with Gasteiger partial charge in [0, 0.05) is 27.1 Å². The first-order chi connectivity index (χ1) is 15.4. The van der Waals surface area contributed by atoms with Gasteiger partial charge in [-0.3, -0.25) is 19.7 Å². The zero-order chi connectivity index (χ0) is 22.7. The largest absolute Gasteiger partial charge is 0.298 e. The molecule has 0 saturated carbocycles. The maximum atomic E-state index is 13.2. The molecule has 0 saturated heterocycles. The lowest BCUT2D eigenvalue weighted by atomic mass is 10.0. The van der Waals surface area contributed by atoms with E-state index in [1.165, 1.54) is 47.7 Å². The summed E-state index contributed by atoms with van der Waals surface area (Å²) in [5.41, 5.74) is 2.27. The molecular formula is C25H17FN2O3S. The molecule has 0 fully saturated rings. The number of benzene rings is 3. The van der Waals surface area contributed by atoms with E-state index in [9.17, 15) is 18.8 Å². The summed E-state index contributed by atoms with van der Waals surface area (Å²) >= 11 is 1.31. The van der Waals surface area contributed by atoms with Crippen molar-refractivity contribution in [2.45, 2.75) is 6.92 Å². The van der Waals surface area contributed by atoms with Gasteiger partial charge in [-0.25, -0.2) is 9.37 Å². The number of carbonyl (C=O) groups is 3. The van der Waals surface area contributed by atoms with Gasteiger partial charge in [-0.2, -0.15) is 0 Å². The lowest BCUT2D eigenvalue weighted by Gasteiger charge is -2.04. The summed E-state index contributed by atoms with van der Waals surface area (Å²) in [4.78, 5) is 42.7. The van der Waals surface area contributed by atoms with E-state index in [2.05, 4.69) is 10.3 Å². The summed E-state index contributed by atoms with van der Waals surface area (Å²) in [5, 5.41) is 3.15. The minimum Gasteiger partial charge on any atom is -0.298 e. The molecule has 4 rings (SSSR count). The van der Waals surface area contributed by atoms with Crippen molar-refractivity contribution in [3.8, 4) is 11.3 Å². The standard InChI is InChI=1S/C25H17FN2O3S/c1-15-21(16-11-13-20(26)14-12-16)27-25(32-15)28-24(31)19-9-7-18(8-10-19)23(30)22(29)17-5-3-2-4-6-17/h2-14H,1H3,(H,27,28,31). The molecule has 3 aromatic carbocycles. The molecule has 32 heavy (non-hydrogen) atoms. The highest BCUT2D eigenvalue weighted by molar-refractivity contribution is 7.16. The van der Waals surface area contributed by atoms with Crippen molar-refractivity contribution in [1.29, 1.82) is 0 Å². The van der Waals surface area contributed by atoms with E-state index in [4.69, 9.17) is 0 Å². The molecule has 0 aliphatic rings. The Morgan fingerprint density at radius 3 is 1.97 bits per heavy atom. The first kappa shape index (κ1) is 21.3. The first-order valence-corrected chi connectivity index (χ1v) is 10.5. The highest BCUT2D eigenvalue weighted by atomic mass is 32.1. The summed E-state index contributed by atoms with van der Waals surface area (Å²) in [7, 11) is 0. The Morgan fingerprint density at radius 2 is 1.34 bits per heavy atom. The lowest BCUT2D eigenvalue weighted by molar-refractivity contribution is 0.0817. The van der Waals surface area contributed by atoms with E-state index in [0.29, 0.717) is 22.0 Å². The number of hydrogen-bond donors (Lipinski definition) is 1. The molecule has 0 unspecified atom stereocenters. The molecule has 5 nitrogen and oxygen atoms in total. The molecular weight excluding hydrogens is 427 g/mol. The zero-order valence-electron chi connectivity index (χ0n) is 17.0. The molecule has 0 aliphatic carbocycles. The van der Waals surface area contributed by atoms with E-state index in [1.54, 1.807) is 42.5 Å². The average molecular weight is 444 g/mol. The van der Waals surface area contributed by atoms with Crippen LogP contribution < -0.4 is 5.32 Å². The van der Waals surface area contributed by atoms with Crippen LogP contribution in [0.4, 0.5) is 9.52 Å². The third-order valence-corrected chi connectivity index (χ3v) is 5.67. The van der Waals surface area contributed by atoms with E-state index < -0.39 is 17.5 Å². The predicted octanol–water partition coefficient (Wildman–Crippen LogP) is 5.58. The number of carbonyl (C=O) groups excluding carboxylic acids is 3. The third kappa shape index (κ3) is 4.53. The molecule has 1 N–H and O–H groups in total. The van der Waals surface area contributed by atoms with Gasteiger partial charge in [-0.1, -0.05) is 42.5 Å². The Balaban J connectivity index is 1.46. The Hall–Kier alpha value is -3.97. The normalized spacial score (nSPS) is 10.6. The van der Waals surface area contributed by atoms with Crippen LogP contribution in [0.15, 0.2) is 78.9 Å². The number of hydrogen-bond acceptors (Lipinski definition) is 5. The van der Waals surface area contributed by atoms with Crippen molar-refractivity contribution in [2.75, 3.05) is 5.32 Å². The van der Waals surface area contributed by atoms with E-state index >= 15 is 0 Å². The molecule has 0 bridgehead atoms. The number of aryl methyl sites for hydroxylation is 1.